The predicted molar refractivity (Wildman–Crippen MR) is 104 cm³/mol. The van der Waals surface area contributed by atoms with Crippen molar-refractivity contribution in [2.75, 3.05) is 13.7 Å². The van der Waals surface area contributed by atoms with Crippen molar-refractivity contribution in [1.82, 2.24) is 24.6 Å². The average molecular weight is 377 g/mol. The van der Waals surface area contributed by atoms with Crippen LogP contribution < -0.4 is 0 Å². The molecule has 0 spiro atoms. The van der Waals surface area contributed by atoms with Crippen LogP contribution in [0.1, 0.15) is 36.1 Å². The van der Waals surface area contributed by atoms with E-state index < -0.39 is 0 Å². The van der Waals surface area contributed by atoms with Crippen molar-refractivity contribution in [1.29, 1.82) is 0 Å². The van der Waals surface area contributed by atoms with Crippen molar-refractivity contribution in [2.45, 2.75) is 44.4 Å². The third-order valence-electron chi connectivity index (χ3n) is 5.94. The van der Waals surface area contributed by atoms with Gasteiger partial charge in [-0.2, -0.15) is 0 Å². The molecule has 0 aliphatic carbocycles. The largest absolute Gasteiger partial charge is 0.380 e. The topological polar surface area (TPSA) is 73.1 Å². The van der Waals surface area contributed by atoms with Gasteiger partial charge in [-0.05, 0) is 17.4 Å². The molecule has 2 aliphatic heterocycles. The van der Waals surface area contributed by atoms with E-state index in [1.165, 1.54) is 0 Å². The number of likely N-dealkylation sites (tertiary alicyclic amines) is 1. The van der Waals surface area contributed by atoms with Gasteiger partial charge in [-0.3, -0.25) is 9.78 Å². The normalized spacial score (nSPS) is 21.4. The van der Waals surface area contributed by atoms with Gasteiger partial charge in [0.25, 0.3) is 0 Å². The van der Waals surface area contributed by atoms with Crippen LogP contribution in [0.3, 0.4) is 0 Å². The molecule has 2 aromatic heterocycles. The van der Waals surface area contributed by atoms with E-state index in [0.29, 0.717) is 13.0 Å². The Morgan fingerprint density at radius 2 is 2.14 bits per heavy atom. The molecule has 0 radical (unpaired) electrons. The minimum absolute atomic E-state index is 0.0222. The van der Waals surface area contributed by atoms with E-state index in [-0.39, 0.29) is 18.1 Å². The van der Waals surface area contributed by atoms with Gasteiger partial charge in [0.1, 0.15) is 5.82 Å². The fourth-order valence-electron chi connectivity index (χ4n) is 4.49. The number of pyridine rings is 1. The van der Waals surface area contributed by atoms with E-state index in [0.717, 1.165) is 53.8 Å². The number of hydrogen-bond donors (Lipinski definition) is 0. The number of methoxy groups -OCH3 is 1. The number of carbonyl (C=O) groups excluding carboxylic acids is 1. The molecule has 1 aromatic carbocycles. The highest BCUT2D eigenvalue weighted by Crippen LogP contribution is 2.34. The van der Waals surface area contributed by atoms with Gasteiger partial charge in [-0.15, -0.1) is 10.2 Å². The Morgan fingerprint density at radius 3 is 3.04 bits per heavy atom. The van der Waals surface area contributed by atoms with Gasteiger partial charge in [0, 0.05) is 50.8 Å². The Morgan fingerprint density at radius 1 is 1.25 bits per heavy atom. The number of nitrogens with zero attached hydrogens (tertiary/aromatic N) is 5. The van der Waals surface area contributed by atoms with E-state index in [1.807, 2.05) is 35.4 Å². The van der Waals surface area contributed by atoms with E-state index >= 15 is 0 Å². The molecule has 1 fully saturated rings. The Labute approximate surface area is 163 Å². The Kier molecular flexibility index (Phi) is 4.31. The number of hydrogen-bond acceptors (Lipinski definition) is 5. The van der Waals surface area contributed by atoms with Crippen LogP contribution in [0.25, 0.3) is 10.8 Å². The smallest absolute Gasteiger partial charge is 0.227 e. The van der Waals surface area contributed by atoms with Gasteiger partial charge in [-0.25, -0.2) is 0 Å². The molecular weight excluding hydrogens is 354 g/mol. The van der Waals surface area contributed by atoms with Crippen molar-refractivity contribution in [3.05, 3.63) is 53.9 Å². The van der Waals surface area contributed by atoms with Crippen molar-refractivity contribution < 1.29 is 9.53 Å². The van der Waals surface area contributed by atoms with E-state index in [2.05, 4.69) is 19.7 Å². The van der Waals surface area contributed by atoms with Gasteiger partial charge in [0.15, 0.2) is 5.82 Å². The molecule has 4 heterocycles. The predicted octanol–water partition coefficient (Wildman–Crippen LogP) is 2.30. The highest BCUT2D eigenvalue weighted by molar-refractivity contribution is 5.89. The van der Waals surface area contributed by atoms with Gasteiger partial charge < -0.3 is 14.2 Å². The maximum atomic E-state index is 13.3. The second-order valence-electron chi connectivity index (χ2n) is 7.58. The van der Waals surface area contributed by atoms with Gasteiger partial charge in [0.05, 0.1) is 18.6 Å². The van der Waals surface area contributed by atoms with Crippen molar-refractivity contribution in [2.24, 2.45) is 0 Å². The summed E-state index contributed by atoms with van der Waals surface area (Å²) < 4.78 is 7.78. The van der Waals surface area contributed by atoms with Crippen LogP contribution in [0.4, 0.5) is 0 Å². The first-order valence-corrected chi connectivity index (χ1v) is 9.80. The standard InChI is InChI=1S/C21H23N5O2/c1-28-16-10-18(21-24-23-19-7-4-8-25(19)21)26(13-16)20(27)9-15-12-22-11-14-5-2-3-6-17(14)15/h2-3,5-6,11-12,16,18H,4,7-10,13H2,1H3/t16-,18+/m1/s1. The molecule has 0 N–H and O–H groups in total. The molecule has 3 aromatic rings. The maximum Gasteiger partial charge on any atom is 0.227 e. The van der Waals surface area contributed by atoms with Gasteiger partial charge >= 0.3 is 0 Å². The molecule has 2 aliphatic rings. The lowest BCUT2D eigenvalue weighted by molar-refractivity contribution is -0.131. The van der Waals surface area contributed by atoms with Gasteiger partial charge in [0.2, 0.25) is 5.91 Å². The second kappa shape index (κ2) is 6.98. The maximum absolute atomic E-state index is 13.3. The fraction of sp³-hybridized carbons (Fsp3) is 0.429. The minimum Gasteiger partial charge on any atom is -0.380 e. The Hall–Kier alpha value is -2.80. The zero-order chi connectivity index (χ0) is 19.1. The number of fused-ring (bicyclic) bond motifs is 2. The minimum atomic E-state index is -0.0836. The second-order valence-corrected chi connectivity index (χ2v) is 7.58. The van der Waals surface area contributed by atoms with E-state index in [4.69, 9.17) is 4.74 Å². The van der Waals surface area contributed by atoms with Crippen LogP contribution in [-0.4, -0.2) is 50.3 Å². The number of rotatable bonds is 4. The molecule has 2 atom stereocenters. The monoisotopic (exact) mass is 377 g/mol. The summed E-state index contributed by atoms with van der Waals surface area (Å²) in [6.45, 7) is 1.52. The molecule has 7 nitrogen and oxygen atoms in total. The average Bonchev–Trinajstić information content (AvgIpc) is 3.43. The highest BCUT2D eigenvalue weighted by Gasteiger charge is 2.40. The van der Waals surface area contributed by atoms with Gasteiger partial charge in [-0.1, -0.05) is 24.3 Å². The first-order chi connectivity index (χ1) is 13.7. The lowest BCUT2D eigenvalue weighted by Crippen LogP contribution is -2.34. The zero-order valence-corrected chi connectivity index (χ0v) is 15.9. The SMILES string of the molecule is CO[C@@H]1C[C@@H](c2nnc3n2CCC3)N(C(=O)Cc2cncc3ccccc23)C1. The summed E-state index contributed by atoms with van der Waals surface area (Å²) in [6, 6.07) is 7.97. The Bertz CT molecular complexity index is 1030. The summed E-state index contributed by atoms with van der Waals surface area (Å²) in [6.07, 6.45) is 6.79. The number of amides is 1. The van der Waals surface area contributed by atoms with Crippen LogP contribution in [0.5, 0.6) is 0 Å². The van der Waals surface area contributed by atoms with Crippen LogP contribution in [-0.2, 0) is 28.9 Å². The highest BCUT2D eigenvalue weighted by atomic mass is 16.5. The van der Waals surface area contributed by atoms with Crippen LogP contribution in [0.15, 0.2) is 36.7 Å². The molecule has 28 heavy (non-hydrogen) atoms. The third kappa shape index (κ3) is 2.86. The molecular formula is C21H23N5O2. The van der Waals surface area contributed by atoms with Crippen LogP contribution in [0, 0.1) is 0 Å². The van der Waals surface area contributed by atoms with E-state index in [1.54, 1.807) is 13.3 Å². The molecule has 1 amide bonds. The number of aromatic nitrogens is 4. The fourth-order valence-corrected chi connectivity index (χ4v) is 4.49. The summed E-state index contributed by atoms with van der Waals surface area (Å²) in [4.78, 5) is 19.6. The number of ether oxygens (including phenoxy) is 1. The van der Waals surface area contributed by atoms with Crippen molar-refractivity contribution in [3.63, 3.8) is 0 Å². The third-order valence-corrected chi connectivity index (χ3v) is 5.94. The quantitative estimate of drug-likeness (QED) is 0.698. The molecule has 0 bridgehead atoms. The summed E-state index contributed by atoms with van der Waals surface area (Å²) in [5, 5.41) is 10.9. The summed E-state index contributed by atoms with van der Waals surface area (Å²) in [5.74, 6) is 2.01. The van der Waals surface area contributed by atoms with Crippen molar-refractivity contribution in [3.8, 4) is 0 Å². The molecule has 0 unspecified atom stereocenters. The molecule has 0 saturated carbocycles. The lowest BCUT2D eigenvalue weighted by atomic mass is 10.0. The lowest BCUT2D eigenvalue weighted by Gasteiger charge is -2.24. The molecule has 144 valence electrons. The zero-order valence-electron chi connectivity index (χ0n) is 15.9. The first-order valence-electron chi connectivity index (χ1n) is 9.80. The van der Waals surface area contributed by atoms with Crippen LogP contribution in [0.2, 0.25) is 0 Å². The summed E-state index contributed by atoms with van der Waals surface area (Å²) in [5.41, 5.74) is 0.953. The Balaban J connectivity index is 1.45. The summed E-state index contributed by atoms with van der Waals surface area (Å²) >= 11 is 0. The van der Waals surface area contributed by atoms with Crippen molar-refractivity contribution >= 4 is 16.7 Å². The van der Waals surface area contributed by atoms with Crippen LogP contribution >= 0.6 is 0 Å². The number of aryl methyl sites for hydroxylation is 1. The molecule has 1 saturated heterocycles. The number of benzene rings is 1. The summed E-state index contributed by atoms with van der Waals surface area (Å²) in [7, 11) is 1.71. The first kappa shape index (κ1) is 17.3. The van der Waals surface area contributed by atoms with E-state index in [9.17, 15) is 4.79 Å². The molecule has 5 rings (SSSR count). The number of carbonyl (C=O) groups is 1. The molecule has 7 heteroatoms.